The predicted molar refractivity (Wildman–Crippen MR) is 319 cm³/mol. The summed E-state index contributed by atoms with van der Waals surface area (Å²) >= 11 is 0. The first-order valence-corrected chi connectivity index (χ1v) is 29.1. The molecule has 0 saturated carbocycles. The molecule has 0 bridgehead atoms. The molecule has 1 aromatic heterocycles. The summed E-state index contributed by atoms with van der Waals surface area (Å²) in [5, 5.41) is 2.14. The molecule has 0 atom stereocenters. The zero-order valence-corrected chi connectivity index (χ0v) is 43.4. The van der Waals surface area contributed by atoms with E-state index in [2.05, 4.69) is 326 Å². The third-order valence-electron chi connectivity index (χ3n) is 14.5. The van der Waals surface area contributed by atoms with Gasteiger partial charge in [0.1, 0.15) is 5.58 Å². The molecular weight excluding hydrogens is 959 g/mol. The van der Waals surface area contributed by atoms with Crippen molar-refractivity contribution in [3.05, 3.63) is 322 Å². The number of furan rings is 1. The zero-order valence-electron chi connectivity index (χ0n) is 41.8. The van der Waals surface area contributed by atoms with Gasteiger partial charge in [0.05, 0.1) is 5.69 Å². The maximum absolute atomic E-state index is 7.37. The maximum atomic E-state index is 7.37. The Morgan fingerprint density at radius 1 is 0.237 bits per heavy atom. The molecule has 0 spiro atoms. The van der Waals surface area contributed by atoms with Gasteiger partial charge >= 0.3 is 0 Å². The van der Waals surface area contributed by atoms with Crippen LogP contribution in [0.25, 0.3) is 44.2 Å². The summed E-state index contributed by atoms with van der Waals surface area (Å²) < 4.78 is 7.37. The third kappa shape index (κ3) is 8.11. The predicted octanol–water partition coefficient (Wildman–Crippen LogP) is 21.1. The van der Waals surface area contributed by atoms with Gasteiger partial charge in [0.2, 0.25) is 0 Å². The van der Waals surface area contributed by atoms with Crippen molar-refractivity contribution in [3.8, 4) is 22.3 Å². The number of hydrogen-bond acceptors (Lipinski definition) is 2. The Balaban J connectivity index is 1.20. The van der Waals surface area contributed by atoms with Crippen LogP contribution in [-0.2, 0) is 0 Å². The molecule has 13 aromatic rings. The summed E-state index contributed by atoms with van der Waals surface area (Å²) in [6, 6.07) is 118. The zero-order chi connectivity index (χ0) is 50.7. The van der Waals surface area contributed by atoms with Crippen LogP contribution >= 0.6 is 20.1 Å². The number of anilines is 3. The van der Waals surface area contributed by atoms with Gasteiger partial charge in [-0.2, -0.15) is 0 Å². The number of para-hydroxylation sites is 2. The Kier molecular flexibility index (Phi) is 12.5. The van der Waals surface area contributed by atoms with E-state index >= 15 is 0 Å². The van der Waals surface area contributed by atoms with E-state index in [1.54, 1.807) is 0 Å². The first kappa shape index (κ1) is 46.7. The maximum Gasteiger partial charge on any atom is 0.159 e. The molecule has 0 saturated heterocycles. The van der Waals surface area contributed by atoms with Crippen molar-refractivity contribution in [1.29, 1.82) is 0 Å². The number of nitrogens with zero attached hydrogens (tertiary/aromatic N) is 1. The summed E-state index contributed by atoms with van der Waals surface area (Å²) in [4.78, 5) is 12.4. The average molecular weight is 1010 g/mol. The van der Waals surface area contributed by atoms with Crippen LogP contribution < -0.4 is 4.90 Å². The highest BCUT2D eigenvalue weighted by molar-refractivity contribution is 8.34. The topological polar surface area (TPSA) is 16.4 Å². The van der Waals surface area contributed by atoms with Gasteiger partial charge in [0, 0.05) is 66.9 Å². The molecule has 0 radical (unpaired) electrons. The van der Waals surface area contributed by atoms with Crippen molar-refractivity contribution >= 4 is 59.1 Å². The van der Waals surface area contributed by atoms with E-state index in [9.17, 15) is 0 Å². The van der Waals surface area contributed by atoms with Crippen LogP contribution in [0.1, 0.15) is 0 Å². The molecule has 0 aliphatic heterocycles. The Bertz CT molecular complexity index is 3720. The lowest BCUT2D eigenvalue weighted by molar-refractivity contribution is 0.670. The third-order valence-corrected chi connectivity index (χ3v) is 22.2. The molecular formula is C72H53NOS2. The normalized spacial score (nSPS) is 12.1. The van der Waals surface area contributed by atoms with Gasteiger partial charge in [-0.3, -0.25) is 0 Å². The summed E-state index contributed by atoms with van der Waals surface area (Å²) in [7, 11) is -4.48. The molecule has 0 amide bonds. The van der Waals surface area contributed by atoms with E-state index < -0.39 is 20.1 Å². The molecule has 76 heavy (non-hydrogen) atoms. The Morgan fingerprint density at radius 2 is 0.579 bits per heavy atom. The fourth-order valence-electron chi connectivity index (χ4n) is 11.1. The molecule has 0 N–H and O–H groups in total. The first-order valence-electron chi connectivity index (χ1n) is 25.8. The molecule has 2 nitrogen and oxygen atoms in total. The van der Waals surface area contributed by atoms with Gasteiger partial charge < -0.3 is 9.32 Å². The van der Waals surface area contributed by atoms with Gasteiger partial charge in [0.15, 0.2) is 5.58 Å². The molecule has 0 fully saturated rings. The molecule has 0 unspecified atom stereocenters. The highest BCUT2D eigenvalue weighted by Crippen LogP contribution is 2.78. The van der Waals surface area contributed by atoms with Crippen molar-refractivity contribution < 1.29 is 4.42 Å². The number of benzene rings is 12. The Morgan fingerprint density at radius 3 is 0.987 bits per heavy atom. The highest BCUT2D eigenvalue weighted by atomic mass is 32.3. The lowest BCUT2D eigenvalue weighted by atomic mass is 10.0. The average Bonchev–Trinajstić information content (AvgIpc) is 4.02. The van der Waals surface area contributed by atoms with Crippen LogP contribution in [0.15, 0.2) is 365 Å². The van der Waals surface area contributed by atoms with Crippen molar-refractivity contribution in [1.82, 2.24) is 0 Å². The molecule has 4 heteroatoms. The Hall–Kier alpha value is -9.06. The van der Waals surface area contributed by atoms with Crippen LogP contribution in [0.2, 0.25) is 0 Å². The SMILES string of the molecule is c1ccc(-c2ccc(N(c3cc(S(c4ccccc4)(c4ccccc4)c4ccccc4)cc(S(c4ccccc4)(c4ccccc4)c4ccccc4)c3)c3cccc4c3oc3c(-c5ccccc5)cccc34)cc2)cc1. The van der Waals surface area contributed by atoms with Crippen LogP contribution in [0.4, 0.5) is 17.1 Å². The number of hydrogen-bond donors (Lipinski definition) is 0. The van der Waals surface area contributed by atoms with Crippen molar-refractivity contribution in [2.24, 2.45) is 0 Å². The summed E-state index contributed by atoms with van der Waals surface area (Å²) in [6.45, 7) is 0. The van der Waals surface area contributed by atoms with Crippen LogP contribution in [-0.4, -0.2) is 0 Å². The van der Waals surface area contributed by atoms with Crippen LogP contribution in [0, 0.1) is 0 Å². The monoisotopic (exact) mass is 1010 g/mol. The number of fused-ring (bicyclic) bond motifs is 3. The lowest BCUT2D eigenvalue weighted by Gasteiger charge is -2.46. The largest absolute Gasteiger partial charge is 0.453 e. The van der Waals surface area contributed by atoms with Gasteiger partial charge in [0.25, 0.3) is 0 Å². The van der Waals surface area contributed by atoms with E-state index in [4.69, 9.17) is 4.42 Å². The standard InChI is InChI=1S/C72H53NOS2/c1-9-27-54(28-10-1)55-47-49-57(50-48-55)73(70-46-26-45-69-68-44-25-43-67(71(68)74-72(69)70)56-29-11-2-12-30-56)58-51-65(75(59-31-13-3-14-32-59,60-33-15-4-16-34-60)61-35-17-5-18-36-61)53-66(52-58)76(62-37-19-6-20-38-62,63-39-21-7-22-40-63)64-41-23-8-24-42-64/h1-53H. The molecule has 0 aliphatic carbocycles. The molecule has 13 rings (SSSR count). The van der Waals surface area contributed by atoms with E-state index in [-0.39, 0.29) is 0 Å². The fourth-order valence-corrected chi connectivity index (χ4v) is 19.0. The van der Waals surface area contributed by atoms with E-state index in [1.807, 2.05) is 0 Å². The van der Waals surface area contributed by atoms with E-state index in [0.717, 1.165) is 55.7 Å². The van der Waals surface area contributed by atoms with E-state index in [1.165, 1.54) is 44.7 Å². The molecule has 12 aromatic carbocycles. The summed E-state index contributed by atoms with van der Waals surface area (Å²) in [5.74, 6) is 0. The second kappa shape index (κ2) is 20.3. The minimum Gasteiger partial charge on any atom is -0.453 e. The minimum absolute atomic E-state index is 0.820. The quantitative estimate of drug-likeness (QED) is 0.114. The Labute approximate surface area is 448 Å². The van der Waals surface area contributed by atoms with Crippen LogP contribution in [0.5, 0.6) is 0 Å². The van der Waals surface area contributed by atoms with Gasteiger partial charge in [-0.25, -0.2) is 0 Å². The summed E-state index contributed by atoms with van der Waals surface area (Å²) in [5.41, 5.74) is 9.16. The van der Waals surface area contributed by atoms with Gasteiger partial charge in [-0.05, 0) is 126 Å². The fraction of sp³-hybridized carbons (Fsp3) is 0. The second-order valence-electron chi connectivity index (χ2n) is 18.8. The highest BCUT2D eigenvalue weighted by Gasteiger charge is 2.39. The lowest BCUT2D eigenvalue weighted by Crippen LogP contribution is -2.14. The van der Waals surface area contributed by atoms with Crippen molar-refractivity contribution in [2.75, 3.05) is 4.90 Å². The van der Waals surface area contributed by atoms with Crippen molar-refractivity contribution in [3.63, 3.8) is 0 Å². The summed E-state index contributed by atoms with van der Waals surface area (Å²) in [6.07, 6.45) is 0. The minimum atomic E-state index is -2.24. The van der Waals surface area contributed by atoms with E-state index in [0.29, 0.717) is 0 Å². The first-order chi connectivity index (χ1) is 37.7. The smallest absolute Gasteiger partial charge is 0.159 e. The van der Waals surface area contributed by atoms with Crippen molar-refractivity contribution in [2.45, 2.75) is 39.2 Å². The van der Waals surface area contributed by atoms with Gasteiger partial charge in [-0.15, -0.1) is 20.1 Å². The number of rotatable bonds is 13. The molecule has 1 heterocycles. The second-order valence-corrected chi connectivity index (χ2v) is 25.0. The van der Waals surface area contributed by atoms with Gasteiger partial charge in [-0.1, -0.05) is 212 Å². The van der Waals surface area contributed by atoms with Crippen LogP contribution in [0.3, 0.4) is 0 Å². The molecule has 364 valence electrons. The molecule has 0 aliphatic rings.